The topological polar surface area (TPSA) is 159 Å². The van der Waals surface area contributed by atoms with E-state index in [9.17, 15) is 4.79 Å². The molecule has 0 atom stereocenters. The van der Waals surface area contributed by atoms with E-state index < -0.39 is 0 Å². The predicted octanol–water partition coefficient (Wildman–Crippen LogP) is 2.57. The van der Waals surface area contributed by atoms with E-state index in [1.165, 1.54) is 0 Å². The largest absolute Gasteiger partial charge is 0.453 e. The van der Waals surface area contributed by atoms with Crippen molar-refractivity contribution in [1.29, 1.82) is 5.41 Å². The molecule has 0 spiro atoms. The number of hydrogen-bond donors (Lipinski definition) is 4. The number of nitrogens with one attached hydrogen (secondary N) is 3. The molecule has 206 valence electrons. The summed E-state index contributed by atoms with van der Waals surface area (Å²) >= 11 is 0. The summed E-state index contributed by atoms with van der Waals surface area (Å²) in [5.41, 5.74) is 7.32. The highest BCUT2D eigenvalue weighted by Gasteiger charge is 2.30. The van der Waals surface area contributed by atoms with Gasteiger partial charge in [-0.1, -0.05) is 30.3 Å². The summed E-state index contributed by atoms with van der Waals surface area (Å²) in [4.78, 5) is 27.7. The minimum absolute atomic E-state index is 0.0141. The highest BCUT2D eigenvalue weighted by atomic mass is 16.5. The van der Waals surface area contributed by atoms with Gasteiger partial charge in [0.25, 0.3) is 5.88 Å². The van der Waals surface area contributed by atoms with Gasteiger partial charge in [-0.3, -0.25) is 25.5 Å². The number of hydrogen-bond acceptors (Lipinski definition) is 10. The summed E-state index contributed by atoms with van der Waals surface area (Å²) in [7, 11) is 1.99. The summed E-state index contributed by atoms with van der Waals surface area (Å²) in [6.07, 6.45) is 0. The standard InChI is InChI=1S/C29H26N8O4/c1-37-13-12-32-27(37)18-6-5-9-20(14-18)40-29-35-26-24(34-23(38)16-33-26)28(36-29)41-22-15-17(25(30)31)10-11-21(22)39-19-7-3-2-4-8-19/h2-11,14-15H,12-13,16H2,1H3,(H3,30,31)(H,34,38)(H,33,35,36). The van der Waals surface area contributed by atoms with E-state index in [0.717, 1.165) is 24.5 Å². The number of para-hydroxylation sites is 1. The maximum absolute atomic E-state index is 12.2. The first-order valence-corrected chi connectivity index (χ1v) is 12.8. The van der Waals surface area contributed by atoms with Crippen molar-refractivity contribution in [2.45, 2.75) is 0 Å². The summed E-state index contributed by atoms with van der Waals surface area (Å²) in [5, 5.41) is 13.7. The molecule has 0 aliphatic carbocycles. The molecule has 0 saturated carbocycles. The molecule has 0 fully saturated rings. The number of nitrogens with two attached hydrogens (primary N) is 1. The van der Waals surface area contributed by atoms with E-state index in [0.29, 0.717) is 28.6 Å². The third kappa shape index (κ3) is 5.57. The Morgan fingerprint density at radius 3 is 2.54 bits per heavy atom. The minimum Gasteiger partial charge on any atom is -0.453 e. The zero-order valence-electron chi connectivity index (χ0n) is 22.0. The van der Waals surface area contributed by atoms with Gasteiger partial charge in [-0.2, -0.15) is 4.99 Å². The van der Waals surface area contributed by atoms with Gasteiger partial charge in [0.15, 0.2) is 17.3 Å². The fourth-order valence-corrected chi connectivity index (χ4v) is 4.34. The zero-order chi connectivity index (χ0) is 28.3. The SMILES string of the molecule is CN1CCN=C1c1cccc(OC2=NC(Oc3cc(C(=N)N)ccc3Oc3ccccc3)=C3NC(=O)CN=C3N2)c1. The molecular formula is C29H26N8O4. The van der Waals surface area contributed by atoms with Crippen LogP contribution in [-0.2, 0) is 4.79 Å². The van der Waals surface area contributed by atoms with Gasteiger partial charge in [-0.15, -0.1) is 0 Å². The number of ether oxygens (including phenoxy) is 3. The second-order valence-electron chi connectivity index (χ2n) is 9.28. The number of amides is 1. The highest BCUT2D eigenvalue weighted by Crippen LogP contribution is 2.35. The van der Waals surface area contributed by atoms with Crippen molar-refractivity contribution < 1.29 is 19.0 Å². The van der Waals surface area contributed by atoms with Crippen LogP contribution < -0.4 is 30.6 Å². The lowest BCUT2D eigenvalue weighted by Gasteiger charge is -2.25. The first kappa shape index (κ1) is 25.6. The van der Waals surface area contributed by atoms with Crippen molar-refractivity contribution in [2.75, 3.05) is 26.7 Å². The quantitative estimate of drug-likeness (QED) is 0.260. The van der Waals surface area contributed by atoms with E-state index in [2.05, 4.69) is 30.5 Å². The van der Waals surface area contributed by atoms with Crippen LogP contribution in [0.1, 0.15) is 11.1 Å². The van der Waals surface area contributed by atoms with Crippen molar-refractivity contribution in [3.8, 4) is 23.0 Å². The first-order chi connectivity index (χ1) is 19.9. The molecule has 3 aliphatic heterocycles. The fraction of sp³-hybridized carbons (Fsp3) is 0.138. The van der Waals surface area contributed by atoms with Gasteiger partial charge in [0, 0.05) is 24.7 Å². The molecule has 3 aromatic carbocycles. The van der Waals surface area contributed by atoms with E-state index in [1.54, 1.807) is 36.4 Å². The molecule has 6 rings (SSSR count). The average Bonchev–Trinajstić information content (AvgIpc) is 3.40. The molecule has 12 heteroatoms. The average molecular weight is 551 g/mol. The molecular weight excluding hydrogens is 524 g/mol. The Bertz CT molecular complexity index is 1660. The van der Waals surface area contributed by atoms with Crippen molar-refractivity contribution in [3.05, 3.63) is 95.5 Å². The second-order valence-corrected chi connectivity index (χ2v) is 9.28. The molecule has 41 heavy (non-hydrogen) atoms. The molecule has 3 aromatic rings. The van der Waals surface area contributed by atoms with Gasteiger partial charge in [-0.05, 0) is 42.5 Å². The van der Waals surface area contributed by atoms with Gasteiger partial charge in [0.05, 0.1) is 6.54 Å². The Hall–Kier alpha value is -5.65. The molecule has 0 bridgehead atoms. The number of likely N-dealkylation sites (N-methyl/N-ethyl adjacent to an activating group) is 1. The maximum atomic E-state index is 12.2. The Morgan fingerprint density at radius 2 is 1.76 bits per heavy atom. The lowest BCUT2D eigenvalue weighted by molar-refractivity contribution is -0.119. The van der Waals surface area contributed by atoms with Crippen LogP contribution in [0.4, 0.5) is 0 Å². The molecule has 0 aromatic heterocycles. The third-order valence-electron chi connectivity index (χ3n) is 6.32. The zero-order valence-corrected chi connectivity index (χ0v) is 22.0. The molecule has 3 heterocycles. The van der Waals surface area contributed by atoms with E-state index in [-0.39, 0.29) is 41.6 Å². The monoisotopic (exact) mass is 550 g/mol. The van der Waals surface area contributed by atoms with Crippen molar-refractivity contribution in [2.24, 2.45) is 20.7 Å². The molecule has 1 amide bonds. The van der Waals surface area contributed by atoms with E-state index >= 15 is 0 Å². The fourth-order valence-electron chi connectivity index (χ4n) is 4.34. The minimum atomic E-state index is -0.321. The van der Waals surface area contributed by atoms with Gasteiger partial charge in [0.2, 0.25) is 5.91 Å². The Balaban J connectivity index is 1.35. The lowest BCUT2D eigenvalue weighted by Crippen LogP contribution is -2.48. The van der Waals surface area contributed by atoms with Crippen molar-refractivity contribution >= 4 is 29.4 Å². The van der Waals surface area contributed by atoms with Gasteiger partial charge in [-0.25, -0.2) is 0 Å². The maximum Gasteiger partial charge on any atom is 0.304 e. The number of fused-ring (bicyclic) bond motifs is 1. The van der Waals surface area contributed by atoms with Crippen LogP contribution in [0.5, 0.6) is 23.0 Å². The van der Waals surface area contributed by atoms with Crippen LogP contribution in [0.3, 0.4) is 0 Å². The van der Waals surface area contributed by atoms with E-state index in [1.807, 2.05) is 43.4 Å². The molecule has 3 aliphatic rings. The van der Waals surface area contributed by atoms with Gasteiger partial charge >= 0.3 is 6.02 Å². The Morgan fingerprint density at radius 1 is 0.927 bits per heavy atom. The third-order valence-corrected chi connectivity index (χ3v) is 6.32. The van der Waals surface area contributed by atoms with E-state index in [4.69, 9.17) is 25.4 Å². The van der Waals surface area contributed by atoms with Crippen LogP contribution in [0.2, 0.25) is 0 Å². The predicted molar refractivity (Wildman–Crippen MR) is 154 cm³/mol. The summed E-state index contributed by atoms with van der Waals surface area (Å²) in [5.74, 6) is 2.42. The number of rotatable bonds is 7. The van der Waals surface area contributed by atoms with Crippen LogP contribution in [0, 0.1) is 5.41 Å². The Labute approximate surface area is 235 Å². The number of carbonyl (C=O) groups excluding carboxylic acids is 1. The van der Waals surface area contributed by atoms with Gasteiger partial charge < -0.3 is 30.2 Å². The number of benzene rings is 3. The van der Waals surface area contributed by atoms with Crippen LogP contribution >= 0.6 is 0 Å². The summed E-state index contributed by atoms with van der Waals surface area (Å²) < 4.78 is 18.4. The van der Waals surface area contributed by atoms with Crippen molar-refractivity contribution in [3.63, 3.8) is 0 Å². The molecule has 12 nitrogen and oxygen atoms in total. The van der Waals surface area contributed by atoms with Crippen molar-refractivity contribution in [1.82, 2.24) is 15.5 Å². The van der Waals surface area contributed by atoms with Crippen LogP contribution in [0.15, 0.2) is 99.4 Å². The smallest absolute Gasteiger partial charge is 0.304 e. The van der Waals surface area contributed by atoms with Crippen LogP contribution in [0.25, 0.3) is 0 Å². The number of amidine groups is 4. The van der Waals surface area contributed by atoms with Crippen LogP contribution in [-0.4, -0.2) is 61.0 Å². The van der Waals surface area contributed by atoms with Gasteiger partial charge in [0.1, 0.15) is 35.4 Å². The number of carbonyl (C=O) groups is 1. The second kappa shape index (κ2) is 10.8. The number of nitrogen functional groups attached to an aromatic ring is 1. The normalized spacial score (nSPS) is 16.1. The molecule has 5 N–H and O–H groups in total. The summed E-state index contributed by atoms with van der Waals surface area (Å²) in [6.45, 7) is 1.53. The first-order valence-electron chi connectivity index (χ1n) is 12.8. The highest BCUT2D eigenvalue weighted by molar-refractivity contribution is 6.13. The summed E-state index contributed by atoms with van der Waals surface area (Å²) in [6, 6.07) is 21.6. The molecule has 0 radical (unpaired) electrons. The Kier molecular flexibility index (Phi) is 6.78. The molecule has 0 saturated heterocycles. The number of nitrogens with zero attached hydrogens (tertiary/aromatic N) is 4. The lowest BCUT2D eigenvalue weighted by atomic mass is 10.2. The number of aliphatic imine (C=N–C) groups is 3. The molecule has 0 unspecified atom stereocenters.